The Morgan fingerprint density at radius 1 is 1.45 bits per heavy atom. The van der Waals surface area contributed by atoms with Crippen molar-refractivity contribution >= 4 is 17.8 Å². The summed E-state index contributed by atoms with van der Waals surface area (Å²) >= 11 is 0. The predicted octanol–water partition coefficient (Wildman–Crippen LogP) is 0.355. The molecule has 0 radical (unpaired) electrons. The molecule has 0 aromatic carbocycles. The van der Waals surface area contributed by atoms with Crippen LogP contribution >= 0.6 is 0 Å². The standard InChI is InChI=1S/C14H20N4O4/c1-8(2)10-5-11(17-14(15)16-10)12(19)18-3-4-22-7-9(6-18)13(20)21/h5,8-9H,3-4,6-7H2,1-2H3,(H,20,21)(H2,15,16,17). The molecule has 0 bridgehead atoms. The van der Waals surface area contributed by atoms with Crippen LogP contribution in [-0.2, 0) is 9.53 Å². The lowest BCUT2D eigenvalue weighted by Crippen LogP contribution is -2.38. The van der Waals surface area contributed by atoms with E-state index >= 15 is 0 Å². The molecule has 2 rings (SSSR count). The fraction of sp³-hybridized carbons (Fsp3) is 0.571. The lowest BCUT2D eigenvalue weighted by Gasteiger charge is -2.21. The van der Waals surface area contributed by atoms with E-state index in [4.69, 9.17) is 15.6 Å². The van der Waals surface area contributed by atoms with Gasteiger partial charge in [-0.05, 0) is 12.0 Å². The second-order valence-electron chi connectivity index (χ2n) is 5.55. The number of aromatic nitrogens is 2. The first-order chi connectivity index (χ1) is 10.4. The number of ether oxygens (including phenoxy) is 1. The third kappa shape index (κ3) is 3.70. The zero-order valence-corrected chi connectivity index (χ0v) is 12.7. The molecular formula is C14H20N4O4. The largest absolute Gasteiger partial charge is 0.481 e. The van der Waals surface area contributed by atoms with E-state index < -0.39 is 11.9 Å². The van der Waals surface area contributed by atoms with Gasteiger partial charge in [0.1, 0.15) is 5.69 Å². The molecule has 3 N–H and O–H groups in total. The average molecular weight is 308 g/mol. The van der Waals surface area contributed by atoms with Crippen LogP contribution in [0.3, 0.4) is 0 Å². The normalized spacial score (nSPS) is 19.0. The van der Waals surface area contributed by atoms with Crippen LogP contribution in [0.5, 0.6) is 0 Å². The monoisotopic (exact) mass is 308 g/mol. The molecule has 1 aliphatic heterocycles. The Hall–Kier alpha value is -2.22. The van der Waals surface area contributed by atoms with Gasteiger partial charge in [0.2, 0.25) is 5.95 Å². The van der Waals surface area contributed by atoms with Crippen LogP contribution in [0.2, 0.25) is 0 Å². The summed E-state index contributed by atoms with van der Waals surface area (Å²) in [5.41, 5.74) is 6.52. The molecule has 1 atom stereocenters. The molecule has 1 aromatic rings. The number of rotatable bonds is 3. The van der Waals surface area contributed by atoms with Crippen molar-refractivity contribution in [2.45, 2.75) is 19.8 Å². The highest BCUT2D eigenvalue weighted by Crippen LogP contribution is 2.16. The quantitative estimate of drug-likeness (QED) is 0.827. The van der Waals surface area contributed by atoms with E-state index in [1.54, 1.807) is 6.07 Å². The Morgan fingerprint density at radius 3 is 2.82 bits per heavy atom. The summed E-state index contributed by atoms with van der Waals surface area (Å²) < 4.78 is 5.24. The fourth-order valence-electron chi connectivity index (χ4n) is 2.20. The molecule has 1 saturated heterocycles. The highest BCUT2D eigenvalue weighted by Gasteiger charge is 2.28. The molecule has 1 aromatic heterocycles. The van der Waals surface area contributed by atoms with Crippen molar-refractivity contribution < 1.29 is 19.4 Å². The zero-order valence-electron chi connectivity index (χ0n) is 12.7. The minimum atomic E-state index is -0.982. The van der Waals surface area contributed by atoms with Gasteiger partial charge in [-0.2, -0.15) is 0 Å². The van der Waals surface area contributed by atoms with E-state index in [0.29, 0.717) is 18.8 Å². The molecule has 0 saturated carbocycles. The highest BCUT2D eigenvalue weighted by molar-refractivity contribution is 5.93. The van der Waals surface area contributed by atoms with Gasteiger partial charge in [-0.15, -0.1) is 0 Å². The highest BCUT2D eigenvalue weighted by atomic mass is 16.5. The average Bonchev–Trinajstić information content (AvgIpc) is 2.71. The van der Waals surface area contributed by atoms with E-state index in [1.807, 2.05) is 13.8 Å². The number of carboxylic acid groups (broad SMARTS) is 1. The lowest BCUT2D eigenvalue weighted by molar-refractivity contribution is -0.143. The molecule has 22 heavy (non-hydrogen) atoms. The molecule has 2 heterocycles. The maximum Gasteiger partial charge on any atom is 0.310 e. The number of amides is 1. The smallest absolute Gasteiger partial charge is 0.310 e. The summed E-state index contributed by atoms with van der Waals surface area (Å²) in [6, 6.07) is 1.60. The van der Waals surface area contributed by atoms with Crippen LogP contribution in [0, 0.1) is 5.92 Å². The third-order valence-corrected chi connectivity index (χ3v) is 3.48. The number of nitrogen functional groups attached to an aromatic ring is 1. The molecule has 8 heteroatoms. The second kappa shape index (κ2) is 6.69. The van der Waals surface area contributed by atoms with E-state index in [9.17, 15) is 9.59 Å². The molecule has 8 nitrogen and oxygen atoms in total. The molecule has 1 fully saturated rings. The number of aliphatic carboxylic acids is 1. The Labute approximate surface area is 128 Å². The van der Waals surface area contributed by atoms with Crippen LogP contribution < -0.4 is 5.73 Å². The van der Waals surface area contributed by atoms with E-state index in [-0.39, 0.29) is 36.6 Å². The van der Waals surface area contributed by atoms with Crippen LogP contribution in [0.25, 0.3) is 0 Å². The van der Waals surface area contributed by atoms with Crippen molar-refractivity contribution in [3.05, 3.63) is 17.5 Å². The van der Waals surface area contributed by atoms with Gasteiger partial charge >= 0.3 is 5.97 Å². The summed E-state index contributed by atoms with van der Waals surface area (Å²) in [4.78, 5) is 33.2. The molecule has 120 valence electrons. The van der Waals surface area contributed by atoms with Crippen molar-refractivity contribution in [1.29, 1.82) is 0 Å². The first kappa shape index (κ1) is 16.2. The molecule has 1 unspecified atom stereocenters. The Bertz CT molecular complexity index is 576. The van der Waals surface area contributed by atoms with Gasteiger partial charge in [-0.25, -0.2) is 9.97 Å². The number of hydrogen-bond donors (Lipinski definition) is 2. The Kier molecular flexibility index (Phi) is 4.92. The van der Waals surface area contributed by atoms with Crippen molar-refractivity contribution in [1.82, 2.24) is 14.9 Å². The van der Waals surface area contributed by atoms with Gasteiger partial charge in [0, 0.05) is 18.8 Å². The summed E-state index contributed by atoms with van der Waals surface area (Å²) in [5, 5.41) is 9.13. The Balaban J connectivity index is 2.24. The number of nitrogens with two attached hydrogens (primary N) is 1. The maximum absolute atomic E-state index is 12.6. The minimum Gasteiger partial charge on any atom is -0.481 e. The predicted molar refractivity (Wildman–Crippen MR) is 78.4 cm³/mol. The third-order valence-electron chi connectivity index (χ3n) is 3.48. The molecule has 0 aliphatic carbocycles. The van der Waals surface area contributed by atoms with Gasteiger partial charge < -0.3 is 20.5 Å². The van der Waals surface area contributed by atoms with Crippen LogP contribution in [0.4, 0.5) is 5.95 Å². The van der Waals surface area contributed by atoms with Crippen LogP contribution in [-0.4, -0.2) is 58.2 Å². The van der Waals surface area contributed by atoms with E-state index in [1.165, 1.54) is 4.90 Å². The van der Waals surface area contributed by atoms with Crippen LogP contribution in [0.15, 0.2) is 6.07 Å². The SMILES string of the molecule is CC(C)c1cc(C(=O)N2CCOCC(C(=O)O)C2)nc(N)n1. The van der Waals surface area contributed by atoms with Gasteiger partial charge in [0.05, 0.1) is 19.1 Å². The van der Waals surface area contributed by atoms with Crippen molar-refractivity contribution in [2.24, 2.45) is 5.92 Å². The summed E-state index contributed by atoms with van der Waals surface area (Å²) in [6.45, 7) is 4.69. The minimum absolute atomic E-state index is 0.0374. The zero-order chi connectivity index (χ0) is 16.3. The number of carboxylic acids is 1. The number of carbonyl (C=O) groups excluding carboxylic acids is 1. The summed E-state index contributed by atoms with van der Waals surface area (Å²) in [6.07, 6.45) is 0. The molecule has 1 amide bonds. The molecule has 0 spiro atoms. The first-order valence-electron chi connectivity index (χ1n) is 7.12. The number of hydrogen-bond acceptors (Lipinski definition) is 6. The number of nitrogens with zero attached hydrogens (tertiary/aromatic N) is 3. The number of carbonyl (C=O) groups is 2. The fourth-order valence-corrected chi connectivity index (χ4v) is 2.20. The maximum atomic E-state index is 12.6. The summed E-state index contributed by atoms with van der Waals surface area (Å²) in [5.74, 6) is -1.93. The molecular weight excluding hydrogens is 288 g/mol. The van der Waals surface area contributed by atoms with Crippen LogP contribution in [0.1, 0.15) is 35.9 Å². The Morgan fingerprint density at radius 2 is 2.18 bits per heavy atom. The van der Waals surface area contributed by atoms with Gasteiger partial charge in [-0.1, -0.05) is 13.8 Å². The van der Waals surface area contributed by atoms with E-state index in [0.717, 1.165) is 0 Å². The van der Waals surface area contributed by atoms with Gasteiger partial charge in [0.25, 0.3) is 5.91 Å². The first-order valence-corrected chi connectivity index (χ1v) is 7.12. The molecule has 1 aliphatic rings. The topological polar surface area (TPSA) is 119 Å². The van der Waals surface area contributed by atoms with Crippen molar-refractivity contribution in [2.75, 3.05) is 32.0 Å². The van der Waals surface area contributed by atoms with Crippen molar-refractivity contribution in [3.8, 4) is 0 Å². The second-order valence-corrected chi connectivity index (χ2v) is 5.55. The lowest BCUT2D eigenvalue weighted by atomic mass is 10.1. The van der Waals surface area contributed by atoms with Gasteiger partial charge in [0.15, 0.2) is 0 Å². The number of anilines is 1. The van der Waals surface area contributed by atoms with Gasteiger partial charge in [-0.3, -0.25) is 9.59 Å². The summed E-state index contributed by atoms with van der Waals surface area (Å²) in [7, 11) is 0. The van der Waals surface area contributed by atoms with Crippen molar-refractivity contribution in [3.63, 3.8) is 0 Å². The van der Waals surface area contributed by atoms with E-state index in [2.05, 4.69) is 9.97 Å².